The Labute approximate surface area is 354 Å². The van der Waals surface area contributed by atoms with Crippen molar-refractivity contribution in [3.63, 3.8) is 0 Å². The van der Waals surface area contributed by atoms with Gasteiger partial charge in [-0.25, -0.2) is 9.59 Å². The number of nitrogens with zero attached hydrogens (tertiary/aromatic N) is 4. The van der Waals surface area contributed by atoms with Crippen LogP contribution < -0.4 is 21.3 Å². The summed E-state index contributed by atoms with van der Waals surface area (Å²) in [4.78, 5) is 66.4. The van der Waals surface area contributed by atoms with E-state index < -0.39 is 60.3 Å². The van der Waals surface area contributed by atoms with Gasteiger partial charge in [0.1, 0.15) is 24.3 Å². The summed E-state index contributed by atoms with van der Waals surface area (Å²) in [6.45, 7) is 7.98. The van der Waals surface area contributed by atoms with Gasteiger partial charge in [-0.2, -0.15) is 0 Å². The van der Waals surface area contributed by atoms with E-state index in [1.807, 2.05) is 125 Å². The lowest BCUT2D eigenvalue weighted by Crippen LogP contribution is -2.62. The smallest absolute Gasteiger partial charge is 0.317 e. The van der Waals surface area contributed by atoms with E-state index in [4.69, 9.17) is 0 Å². The molecule has 2 aromatic heterocycles. The molecule has 0 saturated heterocycles. The molecule has 0 aliphatic carbocycles. The van der Waals surface area contributed by atoms with E-state index in [-0.39, 0.29) is 24.7 Å². The zero-order chi connectivity index (χ0) is 43.6. The first-order valence-electron chi connectivity index (χ1n) is 20.6. The molecule has 0 bridgehead atoms. The van der Waals surface area contributed by atoms with Crippen LogP contribution in [0.5, 0.6) is 0 Å². The lowest BCUT2D eigenvalue weighted by Gasteiger charge is -2.35. The highest BCUT2D eigenvalue weighted by Crippen LogP contribution is 2.17. The van der Waals surface area contributed by atoms with Gasteiger partial charge in [-0.15, -0.1) is 0 Å². The third kappa shape index (κ3) is 14.8. The first-order valence-corrected chi connectivity index (χ1v) is 20.6. The van der Waals surface area contributed by atoms with E-state index in [9.17, 15) is 29.4 Å². The summed E-state index contributed by atoms with van der Waals surface area (Å²) in [6.07, 6.45) is 1.54. The molecular weight excluding hydrogens is 761 g/mol. The molecule has 0 spiro atoms. The topological polar surface area (TPSA) is 189 Å². The van der Waals surface area contributed by atoms with Gasteiger partial charge in [-0.3, -0.25) is 19.6 Å². The van der Waals surface area contributed by atoms with E-state index in [1.165, 1.54) is 9.80 Å². The van der Waals surface area contributed by atoms with Gasteiger partial charge in [-0.05, 0) is 60.1 Å². The van der Waals surface area contributed by atoms with Gasteiger partial charge in [0.15, 0.2) is 0 Å². The summed E-state index contributed by atoms with van der Waals surface area (Å²) < 4.78 is 0. The summed E-state index contributed by atoms with van der Waals surface area (Å²) in [5, 5.41) is 35.6. The Hall–Kier alpha value is -5.86. The number of benzene rings is 2. The van der Waals surface area contributed by atoms with Gasteiger partial charge >= 0.3 is 12.1 Å². The zero-order valence-corrected chi connectivity index (χ0v) is 35.6. The van der Waals surface area contributed by atoms with Gasteiger partial charge in [0.2, 0.25) is 11.8 Å². The van der Waals surface area contributed by atoms with Crippen LogP contribution in [0.15, 0.2) is 109 Å². The molecule has 0 radical (unpaired) electrons. The summed E-state index contributed by atoms with van der Waals surface area (Å²) in [7, 11) is 3.29. The molecule has 0 saturated carbocycles. The molecule has 0 fully saturated rings. The SMILES string of the molecule is CC(C)C(NC(=O)N(C)CCc1ccccn1)C(=O)N[C@@H](Cc1ccccc1)[C@H](O)[C@H](O)[C@H](Cc1ccccc1)NC(=O)C(NC(=O)N(C)CCc1ccccn1)C(C)C. The van der Waals surface area contributed by atoms with Crippen molar-refractivity contribution in [2.24, 2.45) is 11.8 Å². The quantitative estimate of drug-likeness (QED) is 0.0733. The number of carbonyl (C=O) groups excluding carboxylic acids is 4. The molecule has 322 valence electrons. The largest absolute Gasteiger partial charge is 0.388 e. The van der Waals surface area contributed by atoms with Crippen LogP contribution in [0, 0.1) is 11.8 Å². The fraction of sp³-hybridized carbons (Fsp3) is 0.435. The van der Waals surface area contributed by atoms with E-state index in [0.717, 1.165) is 22.5 Å². The molecule has 14 heteroatoms. The maximum Gasteiger partial charge on any atom is 0.317 e. The van der Waals surface area contributed by atoms with Crippen LogP contribution in [0.25, 0.3) is 0 Å². The predicted octanol–water partition coefficient (Wildman–Crippen LogP) is 3.77. The summed E-state index contributed by atoms with van der Waals surface area (Å²) >= 11 is 0. The number of likely N-dealkylation sites (N-methyl/N-ethyl adjacent to an activating group) is 2. The van der Waals surface area contributed by atoms with Crippen LogP contribution in [0.2, 0.25) is 0 Å². The average molecular weight is 823 g/mol. The maximum absolute atomic E-state index is 14.1. The number of amides is 6. The Morgan fingerprint density at radius 1 is 0.533 bits per heavy atom. The van der Waals surface area contributed by atoms with Gasteiger partial charge in [0, 0.05) is 63.8 Å². The fourth-order valence-corrected chi connectivity index (χ4v) is 6.69. The minimum absolute atomic E-state index is 0.134. The third-order valence-electron chi connectivity index (χ3n) is 10.4. The molecule has 2 aromatic carbocycles. The van der Waals surface area contributed by atoms with Crippen LogP contribution in [0.3, 0.4) is 0 Å². The number of rotatable bonds is 21. The molecular formula is C46H62N8O6. The van der Waals surface area contributed by atoms with Crippen molar-refractivity contribution in [3.8, 4) is 0 Å². The number of aromatic nitrogens is 2. The van der Waals surface area contributed by atoms with Crippen molar-refractivity contribution < 1.29 is 29.4 Å². The van der Waals surface area contributed by atoms with Gasteiger partial charge in [0.25, 0.3) is 0 Å². The Balaban J connectivity index is 1.52. The highest BCUT2D eigenvalue weighted by molar-refractivity contribution is 5.88. The number of aliphatic hydroxyl groups excluding tert-OH is 2. The minimum atomic E-state index is -1.59. The maximum atomic E-state index is 14.1. The Morgan fingerprint density at radius 2 is 0.883 bits per heavy atom. The molecule has 14 nitrogen and oxygen atoms in total. The van der Waals surface area contributed by atoms with E-state index in [2.05, 4.69) is 31.2 Å². The van der Waals surface area contributed by atoms with Crippen molar-refractivity contribution in [2.75, 3.05) is 27.2 Å². The first kappa shape index (κ1) is 46.8. The van der Waals surface area contributed by atoms with Crippen molar-refractivity contribution in [1.29, 1.82) is 0 Å². The molecule has 60 heavy (non-hydrogen) atoms. The van der Waals surface area contributed by atoms with Gasteiger partial charge in [-0.1, -0.05) is 100 Å². The van der Waals surface area contributed by atoms with E-state index >= 15 is 0 Å². The standard InChI is InChI=1S/C46H62N8O6/c1-31(2)39(51-45(59)53(5)27-23-35-21-13-15-25-47-35)43(57)49-37(29-33-17-9-7-10-18-33)41(55)42(56)38(30-34-19-11-8-12-20-34)50-44(58)40(32(3)4)52-46(60)54(6)28-24-36-22-14-16-26-48-36/h7-22,25-26,31-32,37-42,55-56H,23-24,27-30H2,1-6H3,(H,49,57)(H,50,58)(H,51,59)(H,52,60)/t37-,38-,39?,40?,41-,42+/m0/s1. The third-order valence-corrected chi connectivity index (χ3v) is 10.4. The first-order chi connectivity index (χ1) is 28.7. The van der Waals surface area contributed by atoms with Crippen molar-refractivity contribution >= 4 is 23.9 Å². The second-order valence-electron chi connectivity index (χ2n) is 15.9. The summed E-state index contributed by atoms with van der Waals surface area (Å²) in [5.41, 5.74) is 3.23. The molecule has 0 aliphatic heterocycles. The van der Waals surface area contributed by atoms with Gasteiger partial charge < -0.3 is 41.3 Å². The Morgan fingerprint density at radius 3 is 1.20 bits per heavy atom. The second kappa shape index (κ2) is 23.7. The highest BCUT2D eigenvalue weighted by Gasteiger charge is 2.38. The Bertz CT molecular complexity index is 1770. The number of aliphatic hydroxyl groups is 2. The molecule has 6 N–H and O–H groups in total. The van der Waals surface area contributed by atoms with Crippen molar-refractivity contribution in [2.45, 2.75) is 89.8 Å². The van der Waals surface area contributed by atoms with Crippen molar-refractivity contribution in [1.82, 2.24) is 41.0 Å². The van der Waals surface area contributed by atoms with E-state index in [1.54, 1.807) is 26.5 Å². The molecule has 2 heterocycles. The lowest BCUT2D eigenvalue weighted by molar-refractivity contribution is -0.129. The molecule has 6 atom stereocenters. The molecule has 6 amide bonds. The number of hydrogen-bond donors (Lipinski definition) is 6. The normalized spacial score (nSPS) is 14.2. The second-order valence-corrected chi connectivity index (χ2v) is 15.9. The van der Waals surface area contributed by atoms with Crippen LogP contribution >= 0.6 is 0 Å². The van der Waals surface area contributed by atoms with Gasteiger partial charge in [0.05, 0.1) is 12.1 Å². The monoisotopic (exact) mass is 822 g/mol. The van der Waals surface area contributed by atoms with Crippen LogP contribution in [-0.2, 0) is 35.3 Å². The molecule has 4 rings (SSSR count). The van der Waals surface area contributed by atoms with Crippen LogP contribution in [0.4, 0.5) is 9.59 Å². The van der Waals surface area contributed by atoms with Crippen LogP contribution in [0.1, 0.15) is 50.2 Å². The highest BCUT2D eigenvalue weighted by atomic mass is 16.3. The summed E-state index contributed by atoms with van der Waals surface area (Å²) in [6, 6.07) is 24.7. The minimum Gasteiger partial charge on any atom is -0.388 e. The number of pyridine rings is 2. The molecule has 4 aromatic rings. The summed E-state index contributed by atoms with van der Waals surface area (Å²) in [5.74, 6) is -1.75. The number of carbonyl (C=O) groups is 4. The molecule has 2 unspecified atom stereocenters. The average Bonchev–Trinajstić information content (AvgIpc) is 3.25. The van der Waals surface area contributed by atoms with E-state index in [0.29, 0.717) is 25.9 Å². The number of urea groups is 2. The van der Waals surface area contributed by atoms with Crippen LogP contribution in [-0.4, -0.2) is 117 Å². The predicted molar refractivity (Wildman–Crippen MR) is 232 cm³/mol. The van der Waals surface area contributed by atoms with Crippen molar-refractivity contribution in [3.05, 3.63) is 132 Å². The zero-order valence-electron chi connectivity index (χ0n) is 35.6. The Kier molecular flexibility index (Phi) is 18.5. The lowest BCUT2D eigenvalue weighted by atomic mass is 9.90. The number of nitrogens with one attached hydrogen (secondary N) is 4. The fourth-order valence-electron chi connectivity index (χ4n) is 6.69. The molecule has 0 aliphatic rings. The number of hydrogen-bond acceptors (Lipinski definition) is 8.